The molecule has 0 aliphatic rings. The highest BCUT2D eigenvalue weighted by Crippen LogP contribution is 2.23. The van der Waals surface area contributed by atoms with Gasteiger partial charge >= 0.3 is 0 Å². The topological polar surface area (TPSA) is 41.5 Å². The first-order valence-electron chi connectivity index (χ1n) is 8.24. The number of hydrogen-bond donors (Lipinski definition) is 2. The van der Waals surface area contributed by atoms with Crippen LogP contribution < -0.4 is 10.1 Å². The highest BCUT2D eigenvalue weighted by atomic mass is 35.5. The second-order valence-corrected chi connectivity index (χ2v) is 6.79. The Hall–Kier alpha value is -1.55. The van der Waals surface area contributed by atoms with E-state index in [1.165, 1.54) is 5.56 Å². The molecule has 2 aromatic rings. The average Bonchev–Trinajstić information content (AvgIpc) is 2.55. The Morgan fingerprint density at radius 2 is 1.79 bits per heavy atom. The molecule has 24 heavy (non-hydrogen) atoms. The summed E-state index contributed by atoms with van der Waals surface area (Å²) in [7, 11) is 0. The van der Waals surface area contributed by atoms with Crippen molar-refractivity contribution in [3.8, 4) is 5.75 Å². The summed E-state index contributed by atoms with van der Waals surface area (Å²) in [5, 5.41) is 14.2. The molecular weight excluding hydrogens is 322 g/mol. The summed E-state index contributed by atoms with van der Waals surface area (Å²) in [5.41, 5.74) is 4.62. The third kappa shape index (κ3) is 5.23. The van der Waals surface area contributed by atoms with Crippen LogP contribution in [0.5, 0.6) is 5.75 Å². The molecule has 0 aromatic heterocycles. The number of aliphatic hydroxyl groups excluding tert-OH is 1. The summed E-state index contributed by atoms with van der Waals surface area (Å²) < 4.78 is 5.81. The molecule has 3 nitrogen and oxygen atoms in total. The summed E-state index contributed by atoms with van der Waals surface area (Å²) in [5.74, 6) is 0.845. The monoisotopic (exact) mass is 347 g/mol. The van der Waals surface area contributed by atoms with Crippen LogP contribution in [0.15, 0.2) is 36.4 Å². The largest absolute Gasteiger partial charge is 0.491 e. The standard InChI is InChI=1S/C20H26ClNO2/c1-13-9-14(2)15(3)20(10-13)24-12-19(23)11-22-16(4)17-5-7-18(21)8-6-17/h5-10,16,19,22-23H,11-12H2,1-4H3. The van der Waals surface area contributed by atoms with E-state index in [0.29, 0.717) is 6.54 Å². The Kier molecular flexibility index (Phi) is 6.67. The van der Waals surface area contributed by atoms with Crippen LogP contribution in [-0.4, -0.2) is 24.4 Å². The molecule has 4 heteroatoms. The molecule has 0 radical (unpaired) electrons. The van der Waals surface area contributed by atoms with Gasteiger partial charge in [0.05, 0.1) is 0 Å². The molecular formula is C20H26ClNO2. The Morgan fingerprint density at radius 1 is 1.12 bits per heavy atom. The summed E-state index contributed by atoms with van der Waals surface area (Å²) in [6.45, 7) is 8.95. The Bertz CT molecular complexity index is 670. The summed E-state index contributed by atoms with van der Waals surface area (Å²) in [6, 6.07) is 12.0. The van der Waals surface area contributed by atoms with Gasteiger partial charge in [0.1, 0.15) is 18.5 Å². The molecule has 2 rings (SSSR count). The number of aryl methyl sites for hydroxylation is 2. The first kappa shape index (κ1) is 18.8. The van der Waals surface area contributed by atoms with Crippen LogP contribution in [0.25, 0.3) is 0 Å². The van der Waals surface area contributed by atoms with Gasteiger partial charge in [-0.25, -0.2) is 0 Å². The number of halogens is 1. The van der Waals surface area contributed by atoms with E-state index in [1.54, 1.807) is 0 Å². The predicted octanol–water partition coefficient (Wildman–Crippen LogP) is 4.36. The maximum absolute atomic E-state index is 10.2. The lowest BCUT2D eigenvalue weighted by molar-refractivity contribution is 0.104. The van der Waals surface area contributed by atoms with Crippen molar-refractivity contribution >= 4 is 11.6 Å². The average molecular weight is 348 g/mol. The van der Waals surface area contributed by atoms with E-state index in [2.05, 4.69) is 25.2 Å². The van der Waals surface area contributed by atoms with E-state index in [0.717, 1.165) is 27.5 Å². The fourth-order valence-electron chi connectivity index (χ4n) is 2.58. The third-order valence-corrected chi connectivity index (χ3v) is 4.48. The fourth-order valence-corrected chi connectivity index (χ4v) is 2.70. The van der Waals surface area contributed by atoms with Crippen LogP contribution in [0.1, 0.15) is 35.2 Å². The van der Waals surface area contributed by atoms with E-state index < -0.39 is 6.10 Å². The van der Waals surface area contributed by atoms with Crippen LogP contribution in [0.2, 0.25) is 5.02 Å². The maximum atomic E-state index is 10.2. The van der Waals surface area contributed by atoms with Gasteiger partial charge in [-0.3, -0.25) is 0 Å². The van der Waals surface area contributed by atoms with E-state index in [4.69, 9.17) is 16.3 Å². The van der Waals surface area contributed by atoms with Gasteiger partial charge in [0.15, 0.2) is 0 Å². The zero-order valence-corrected chi connectivity index (χ0v) is 15.5. The van der Waals surface area contributed by atoms with Gasteiger partial charge < -0.3 is 15.2 Å². The lowest BCUT2D eigenvalue weighted by atomic mass is 10.1. The highest BCUT2D eigenvalue weighted by molar-refractivity contribution is 6.30. The lowest BCUT2D eigenvalue weighted by Crippen LogP contribution is -2.33. The van der Waals surface area contributed by atoms with Crippen molar-refractivity contribution in [1.29, 1.82) is 0 Å². The molecule has 0 saturated heterocycles. The SMILES string of the molecule is Cc1cc(C)c(C)c(OCC(O)CNC(C)c2ccc(Cl)cc2)c1. The summed E-state index contributed by atoms with van der Waals surface area (Å²) >= 11 is 5.90. The molecule has 0 heterocycles. The number of ether oxygens (including phenoxy) is 1. The van der Waals surface area contributed by atoms with Gasteiger partial charge in [0.2, 0.25) is 0 Å². The fraction of sp³-hybridized carbons (Fsp3) is 0.400. The predicted molar refractivity (Wildman–Crippen MR) is 100 cm³/mol. The van der Waals surface area contributed by atoms with Crippen molar-refractivity contribution in [1.82, 2.24) is 5.32 Å². The van der Waals surface area contributed by atoms with E-state index in [1.807, 2.05) is 44.2 Å². The minimum Gasteiger partial charge on any atom is -0.491 e. The second-order valence-electron chi connectivity index (χ2n) is 6.35. The van der Waals surface area contributed by atoms with E-state index in [9.17, 15) is 5.11 Å². The first-order chi connectivity index (χ1) is 11.4. The van der Waals surface area contributed by atoms with Crippen molar-refractivity contribution in [3.63, 3.8) is 0 Å². The molecule has 2 atom stereocenters. The van der Waals surface area contributed by atoms with Gasteiger partial charge in [-0.1, -0.05) is 29.8 Å². The first-order valence-corrected chi connectivity index (χ1v) is 8.62. The van der Waals surface area contributed by atoms with Crippen LogP contribution >= 0.6 is 11.6 Å². The van der Waals surface area contributed by atoms with Crippen molar-refractivity contribution < 1.29 is 9.84 Å². The number of nitrogens with one attached hydrogen (secondary N) is 1. The minimum atomic E-state index is -0.569. The number of benzene rings is 2. The zero-order valence-electron chi connectivity index (χ0n) is 14.8. The Balaban J connectivity index is 1.83. The maximum Gasteiger partial charge on any atom is 0.122 e. The van der Waals surface area contributed by atoms with Crippen LogP contribution in [0, 0.1) is 20.8 Å². The molecule has 0 fully saturated rings. The second kappa shape index (κ2) is 8.52. The van der Waals surface area contributed by atoms with Crippen molar-refractivity contribution in [2.75, 3.05) is 13.2 Å². The molecule has 2 unspecified atom stereocenters. The van der Waals surface area contributed by atoms with Crippen LogP contribution in [0.4, 0.5) is 0 Å². The molecule has 2 aromatic carbocycles. The van der Waals surface area contributed by atoms with Crippen LogP contribution in [-0.2, 0) is 0 Å². The third-order valence-electron chi connectivity index (χ3n) is 4.22. The summed E-state index contributed by atoms with van der Waals surface area (Å²) in [6.07, 6.45) is -0.569. The molecule has 2 N–H and O–H groups in total. The molecule has 0 amide bonds. The summed E-state index contributed by atoms with van der Waals surface area (Å²) in [4.78, 5) is 0. The molecule has 0 saturated carbocycles. The van der Waals surface area contributed by atoms with Gasteiger partial charge in [-0.2, -0.15) is 0 Å². The van der Waals surface area contributed by atoms with E-state index in [-0.39, 0.29) is 12.6 Å². The minimum absolute atomic E-state index is 0.139. The van der Waals surface area contributed by atoms with Gasteiger partial charge in [0.25, 0.3) is 0 Å². The van der Waals surface area contributed by atoms with Gasteiger partial charge in [-0.05, 0) is 68.1 Å². The zero-order chi connectivity index (χ0) is 17.7. The molecule has 130 valence electrons. The molecule has 0 bridgehead atoms. The normalized spacial score (nSPS) is 13.6. The Morgan fingerprint density at radius 3 is 2.46 bits per heavy atom. The quantitative estimate of drug-likeness (QED) is 0.782. The smallest absolute Gasteiger partial charge is 0.122 e. The Labute approximate surface area is 149 Å². The number of aliphatic hydroxyl groups is 1. The number of hydrogen-bond acceptors (Lipinski definition) is 3. The van der Waals surface area contributed by atoms with Gasteiger partial charge in [-0.15, -0.1) is 0 Å². The number of rotatable bonds is 7. The van der Waals surface area contributed by atoms with Crippen LogP contribution in [0.3, 0.4) is 0 Å². The van der Waals surface area contributed by atoms with E-state index >= 15 is 0 Å². The molecule has 0 spiro atoms. The van der Waals surface area contributed by atoms with Crippen molar-refractivity contribution in [3.05, 3.63) is 63.7 Å². The highest BCUT2D eigenvalue weighted by Gasteiger charge is 2.11. The molecule has 0 aliphatic carbocycles. The molecule has 0 aliphatic heterocycles. The van der Waals surface area contributed by atoms with Crippen molar-refractivity contribution in [2.24, 2.45) is 0 Å². The van der Waals surface area contributed by atoms with Gasteiger partial charge in [0, 0.05) is 17.6 Å². The van der Waals surface area contributed by atoms with Crippen molar-refractivity contribution in [2.45, 2.75) is 39.8 Å². The lowest BCUT2D eigenvalue weighted by Gasteiger charge is -2.19.